The molecule has 1 aliphatic rings. The number of nitrogens with zero attached hydrogens (tertiary/aromatic N) is 2. The molecule has 1 aromatic rings. The smallest absolute Gasteiger partial charge is 0.227 e. The molecule has 1 amide bonds. The highest BCUT2D eigenvalue weighted by Crippen LogP contribution is 2.39. The van der Waals surface area contributed by atoms with E-state index in [0.717, 1.165) is 30.0 Å². The van der Waals surface area contributed by atoms with Gasteiger partial charge in [0, 0.05) is 25.1 Å². The maximum absolute atomic E-state index is 11.8. The Balaban J connectivity index is 2.19. The summed E-state index contributed by atoms with van der Waals surface area (Å²) in [5.41, 5.74) is 2.95. The SMILES string of the molecule is CNC(=O)C(C)(C)CNc1nc(C2CC2)nc(NN)c1C. The minimum Gasteiger partial charge on any atom is -0.369 e. The Morgan fingerprint density at radius 1 is 1.33 bits per heavy atom. The Morgan fingerprint density at radius 3 is 2.48 bits per heavy atom. The molecule has 1 aliphatic carbocycles. The van der Waals surface area contributed by atoms with Crippen LogP contribution in [0.1, 0.15) is 44.0 Å². The molecule has 2 rings (SSSR count). The summed E-state index contributed by atoms with van der Waals surface area (Å²) in [6.07, 6.45) is 2.24. The quantitative estimate of drug-likeness (QED) is 0.463. The third kappa shape index (κ3) is 3.41. The van der Waals surface area contributed by atoms with E-state index in [4.69, 9.17) is 5.84 Å². The van der Waals surface area contributed by atoms with Crippen molar-refractivity contribution in [3.8, 4) is 0 Å². The van der Waals surface area contributed by atoms with Crippen LogP contribution in [0.25, 0.3) is 0 Å². The molecule has 1 saturated carbocycles. The van der Waals surface area contributed by atoms with E-state index in [-0.39, 0.29) is 5.91 Å². The number of hydrazine groups is 1. The van der Waals surface area contributed by atoms with Gasteiger partial charge in [0.1, 0.15) is 17.5 Å². The highest BCUT2D eigenvalue weighted by Gasteiger charge is 2.30. The second kappa shape index (κ2) is 5.85. The highest BCUT2D eigenvalue weighted by atomic mass is 16.2. The molecule has 1 aromatic heterocycles. The first kappa shape index (κ1) is 15.5. The van der Waals surface area contributed by atoms with Gasteiger partial charge in [0.15, 0.2) is 0 Å². The van der Waals surface area contributed by atoms with Crippen LogP contribution in [0.2, 0.25) is 0 Å². The van der Waals surface area contributed by atoms with E-state index >= 15 is 0 Å². The minimum atomic E-state index is -0.526. The maximum Gasteiger partial charge on any atom is 0.227 e. The second-order valence-electron chi connectivity index (χ2n) is 6.14. The normalized spacial score (nSPS) is 14.7. The number of nitrogens with one attached hydrogen (secondary N) is 3. The standard InChI is InChI=1S/C14H24N6O/c1-8-10(17-7-14(2,3)13(21)16-4)18-12(9-5-6-9)19-11(8)20-15/h9H,5-7,15H2,1-4H3,(H,16,21)(H2,17,18,19,20). The predicted molar refractivity (Wildman–Crippen MR) is 82.9 cm³/mol. The summed E-state index contributed by atoms with van der Waals surface area (Å²) in [7, 11) is 1.64. The Kier molecular flexibility index (Phi) is 4.32. The molecule has 116 valence electrons. The summed E-state index contributed by atoms with van der Waals surface area (Å²) >= 11 is 0. The molecule has 7 nitrogen and oxygen atoms in total. The summed E-state index contributed by atoms with van der Waals surface area (Å²) < 4.78 is 0. The van der Waals surface area contributed by atoms with Crippen LogP contribution in [0.15, 0.2) is 0 Å². The number of hydrogen-bond acceptors (Lipinski definition) is 6. The molecule has 1 fully saturated rings. The number of anilines is 2. The van der Waals surface area contributed by atoms with Crippen LogP contribution in [-0.4, -0.2) is 29.5 Å². The third-order valence-electron chi connectivity index (χ3n) is 3.78. The van der Waals surface area contributed by atoms with Gasteiger partial charge in [-0.2, -0.15) is 0 Å². The fourth-order valence-corrected chi connectivity index (χ4v) is 2.09. The zero-order valence-corrected chi connectivity index (χ0v) is 13.1. The van der Waals surface area contributed by atoms with Crippen LogP contribution in [-0.2, 0) is 4.79 Å². The van der Waals surface area contributed by atoms with Crippen molar-refractivity contribution < 1.29 is 4.79 Å². The number of hydrogen-bond donors (Lipinski definition) is 4. The first-order chi connectivity index (χ1) is 9.89. The van der Waals surface area contributed by atoms with E-state index in [1.807, 2.05) is 20.8 Å². The summed E-state index contributed by atoms with van der Waals surface area (Å²) in [5, 5.41) is 5.93. The second-order valence-corrected chi connectivity index (χ2v) is 6.14. The Labute approximate surface area is 125 Å². The summed E-state index contributed by atoms with van der Waals surface area (Å²) in [6, 6.07) is 0. The fraction of sp³-hybridized carbons (Fsp3) is 0.643. The Hall–Kier alpha value is -1.89. The molecule has 0 spiro atoms. The van der Waals surface area contributed by atoms with E-state index in [1.165, 1.54) is 0 Å². The molecule has 5 N–H and O–H groups in total. The molecule has 7 heteroatoms. The van der Waals surface area contributed by atoms with Crippen LogP contribution < -0.4 is 21.9 Å². The van der Waals surface area contributed by atoms with Crippen molar-refractivity contribution in [3.05, 3.63) is 11.4 Å². The largest absolute Gasteiger partial charge is 0.369 e. The molecule has 0 unspecified atom stereocenters. The van der Waals surface area contributed by atoms with Gasteiger partial charge in [-0.15, -0.1) is 0 Å². The first-order valence-corrected chi connectivity index (χ1v) is 7.20. The number of nitrogen functional groups attached to an aromatic ring is 1. The van der Waals surface area contributed by atoms with Gasteiger partial charge in [-0.3, -0.25) is 4.79 Å². The molecule has 1 heterocycles. The molecule has 0 radical (unpaired) electrons. The van der Waals surface area contributed by atoms with Crippen molar-refractivity contribution in [1.29, 1.82) is 0 Å². The zero-order chi connectivity index (χ0) is 15.6. The van der Waals surface area contributed by atoms with E-state index in [2.05, 4.69) is 26.0 Å². The molecule has 0 atom stereocenters. The first-order valence-electron chi connectivity index (χ1n) is 7.20. The average molecular weight is 292 g/mol. The van der Waals surface area contributed by atoms with Crippen LogP contribution in [0.5, 0.6) is 0 Å². The van der Waals surface area contributed by atoms with Crippen molar-refractivity contribution in [2.24, 2.45) is 11.3 Å². The fourth-order valence-electron chi connectivity index (χ4n) is 2.09. The lowest BCUT2D eigenvalue weighted by Gasteiger charge is -2.24. The van der Waals surface area contributed by atoms with Crippen molar-refractivity contribution in [2.45, 2.75) is 39.5 Å². The molecular weight excluding hydrogens is 268 g/mol. The summed E-state index contributed by atoms with van der Waals surface area (Å²) in [5.74, 6) is 8.13. The maximum atomic E-state index is 11.8. The highest BCUT2D eigenvalue weighted by molar-refractivity contribution is 5.82. The molecule has 0 aliphatic heterocycles. The summed E-state index contributed by atoms with van der Waals surface area (Å²) in [6.45, 7) is 6.16. The van der Waals surface area contributed by atoms with Crippen molar-refractivity contribution in [2.75, 3.05) is 24.3 Å². The lowest BCUT2D eigenvalue weighted by molar-refractivity contribution is -0.128. The zero-order valence-electron chi connectivity index (χ0n) is 13.1. The van der Waals surface area contributed by atoms with Gasteiger partial charge >= 0.3 is 0 Å². The van der Waals surface area contributed by atoms with Crippen LogP contribution >= 0.6 is 0 Å². The lowest BCUT2D eigenvalue weighted by atomic mass is 9.92. The van der Waals surface area contributed by atoms with E-state index < -0.39 is 5.41 Å². The Bertz CT molecular complexity index is 539. The number of carbonyl (C=O) groups is 1. The van der Waals surface area contributed by atoms with Crippen molar-refractivity contribution in [3.63, 3.8) is 0 Å². The van der Waals surface area contributed by atoms with Gasteiger partial charge in [-0.1, -0.05) is 0 Å². The molecule has 0 saturated heterocycles. The van der Waals surface area contributed by atoms with E-state index in [0.29, 0.717) is 18.3 Å². The van der Waals surface area contributed by atoms with Gasteiger partial charge in [0.25, 0.3) is 0 Å². The number of rotatable bonds is 6. The molecule has 0 bridgehead atoms. The minimum absolute atomic E-state index is 0.0127. The molecular formula is C14H24N6O. The van der Waals surface area contributed by atoms with Crippen LogP contribution in [0.3, 0.4) is 0 Å². The molecule has 21 heavy (non-hydrogen) atoms. The van der Waals surface area contributed by atoms with Crippen molar-refractivity contribution in [1.82, 2.24) is 15.3 Å². The van der Waals surface area contributed by atoms with Gasteiger partial charge in [0.05, 0.1) is 5.41 Å². The van der Waals surface area contributed by atoms with Crippen molar-refractivity contribution >= 4 is 17.5 Å². The predicted octanol–water partition coefficient (Wildman–Crippen LogP) is 1.13. The van der Waals surface area contributed by atoms with Gasteiger partial charge in [-0.05, 0) is 33.6 Å². The van der Waals surface area contributed by atoms with Gasteiger partial charge in [-0.25, -0.2) is 15.8 Å². The number of amides is 1. The number of nitrogens with two attached hydrogens (primary N) is 1. The van der Waals surface area contributed by atoms with Gasteiger partial charge < -0.3 is 16.1 Å². The monoisotopic (exact) mass is 292 g/mol. The topological polar surface area (TPSA) is 105 Å². The van der Waals surface area contributed by atoms with Gasteiger partial charge in [0.2, 0.25) is 5.91 Å². The molecule has 0 aromatic carbocycles. The average Bonchev–Trinajstić information content (AvgIpc) is 3.29. The van der Waals surface area contributed by atoms with Crippen LogP contribution in [0.4, 0.5) is 11.6 Å². The Morgan fingerprint density at radius 2 is 1.95 bits per heavy atom. The lowest BCUT2D eigenvalue weighted by Crippen LogP contribution is -2.39. The number of aromatic nitrogens is 2. The van der Waals surface area contributed by atoms with E-state index in [9.17, 15) is 4.79 Å². The number of carbonyl (C=O) groups excluding carboxylic acids is 1. The van der Waals surface area contributed by atoms with E-state index in [1.54, 1.807) is 7.05 Å². The third-order valence-corrected chi connectivity index (χ3v) is 3.78. The summed E-state index contributed by atoms with van der Waals surface area (Å²) in [4.78, 5) is 20.9. The van der Waals surface area contributed by atoms with Crippen LogP contribution in [0, 0.1) is 12.3 Å².